The summed E-state index contributed by atoms with van der Waals surface area (Å²) in [6.07, 6.45) is 2.18. The molecule has 1 aliphatic heterocycles. The lowest BCUT2D eigenvalue weighted by molar-refractivity contribution is 0.202. The summed E-state index contributed by atoms with van der Waals surface area (Å²) in [4.78, 5) is 0. The van der Waals surface area contributed by atoms with Gasteiger partial charge in [-0.1, -0.05) is 18.2 Å². The minimum atomic E-state index is 0.812. The van der Waals surface area contributed by atoms with Gasteiger partial charge in [-0.15, -0.1) is 0 Å². The predicted octanol–water partition coefficient (Wildman–Crippen LogP) is 1.52. The molecule has 2 heteroatoms. The van der Waals surface area contributed by atoms with Gasteiger partial charge in [-0.2, -0.15) is 0 Å². The summed E-state index contributed by atoms with van der Waals surface area (Å²) >= 11 is 0. The molecule has 0 amide bonds. The highest BCUT2D eigenvalue weighted by Gasteiger charge is 2.08. The van der Waals surface area contributed by atoms with Gasteiger partial charge in [0, 0.05) is 13.7 Å². The Labute approximate surface area is 85.3 Å². The van der Waals surface area contributed by atoms with Crippen molar-refractivity contribution in [3.05, 3.63) is 34.9 Å². The molecule has 1 N–H and O–H groups in total. The van der Waals surface area contributed by atoms with Crippen molar-refractivity contribution in [3.8, 4) is 0 Å². The predicted molar refractivity (Wildman–Crippen MR) is 57.4 cm³/mol. The van der Waals surface area contributed by atoms with Crippen LogP contribution >= 0.6 is 0 Å². The van der Waals surface area contributed by atoms with Gasteiger partial charge in [-0.05, 0) is 36.1 Å². The minimum absolute atomic E-state index is 0.812. The topological polar surface area (TPSA) is 21.3 Å². The van der Waals surface area contributed by atoms with E-state index in [-0.39, 0.29) is 0 Å². The third kappa shape index (κ3) is 2.14. The number of fused-ring (bicyclic) bond motifs is 1. The highest BCUT2D eigenvalue weighted by atomic mass is 16.5. The summed E-state index contributed by atoms with van der Waals surface area (Å²) in [6.45, 7) is 2.95. The van der Waals surface area contributed by atoms with Crippen LogP contribution in [-0.2, 0) is 24.1 Å². The number of benzene rings is 1. The molecule has 0 radical (unpaired) electrons. The smallest absolute Gasteiger partial charge is 0.0502 e. The zero-order valence-electron chi connectivity index (χ0n) is 8.68. The number of nitrogens with one attached hydrogen (secondary N) is 1. The fraction of sp³-hybridized carbons (Fsp3) is 0.500. The van der Waals surface area contributed by atoms with Crippen LogP contribution in [0, 0.1) is 0 Å². The molecular formula is C12H17NO. The summed E-state index contributed by atoms with van der Waals surface area (Å²) in [5.41, 5.74) is 4.35. The zero-order valence-corrected chi connectivity index (χ0v) is 8.68. The second-order valence-corrected chi connectivity index (χ2v) is 3.77. The molecule has 14 heavy (non-hydrogen) atoms. The van der Waals surface area contributed by atoms with Crippen LogP contribution in [0.5, 0.6) is 0 Å². The molecule has 0 spiro atoms. The fourth-order valence-electron chi connectivity index (χ4n) is 1.91. The van der Waals surface area contributed by atoms with Crippen LogP contribution < -0.4 is 5.32 Å². The number of hydrogen-bond acceptors (Lipinski definition) is 2. The Morgan fingerprint density at radius 1 is 1.36 bits per heavy atom. The van der Waals surface area contributed by atoms with Crippen LogP contribution in [0.1, 0.15) is 16.7 Å². The zero-order chi connectivity index (χ0) is 9.80. The molecule has 76 valence electrons. The van der Waals surface area contributed by atoms with E-state index >= 15 is 0 Å². The third-order valence-corrected chi connectivity index (χ3v) is 2.75. The summed E-state index contributed by atoms with van der Waals surface area (Å²) in [5, 5.41) is 3.39. The molecule has 1 heterocycles. The van der Waals surface area contributed by atoms with Crippen molar-refractivity contribution in [2.24, 2.45) is 0 Å². The Bertz CT molecular complexity index is 309. The van der Waals surface area contributed by atoms with Crippen molar-refractivity contribution >= 4 is 0 Å². The number of ether oxygens (including phenoxy) is 1. The largest absolute Gasteiger partial charge is 0.384 e. The number of hydrogen-bond donors (Lipinski definition) is 1. The van der Waals surface area contributed by atoms with E-state index in [4.69, 9.17) is 4.74 Å². The van der Waals surface area contributed by atoms with Gasteiger partial charge < -0.3 is 10.1 Å². The van der Waals surface area contributed by atoms with E-state index in [0.29, 0.717) is 0 Å². The first-order valence-electron chi connectivity index (χ1n) is 5.20. The van der Waals surface area contributed by atoms with Gasteiger partial charge in [-0.25, -0.2) is 0 Å². The maximum Gasteiger partial charge on any atom is 0.0502 e. The molecular weight excluding hydrogens is 174 g/mol. The van der Waals surface area contributed by atoms with Crippen molar-refractivity contribution in [1.82, 2.24) is 5.32 Å². The quantitative estimate of drug-likeness (QED) is 0.782. The van der Waals surface area contributed by atoms with Crippen LogP contribution in [0.4, 0.5) is 0 Å². The van der Waals surface area contributed by atoms with Gasteiger partial charge in [0.1, 0.15) is 0 Å². The number of rotatable bonds is 3. The lowest BCUT2D eigenvalue weighted by atomic mass is 9.98. The van der Waals surface area contributed by atoms with E-state index in [1.165, 1.54) is 23.1 Å². The Balaban J connectivity index is 2.12. The van der Waals surface area contributed by atoms with Crippen molar-refractivity contribution in [3.63, 3.8) is 0 Å². The Kier molecular flexibility index (Phi) is 3.17. The lowest BCUT2D eigenvalue weighted by Gasteiger charge is -2.17. The molecule has 0 saturated carbocycles. The van der Waals surface area contributed by atoms with E-state index in [0.717, 1.165) is 26.1 Å². The highest BCUT2D eigenvalue weighted by molar-refractivity contribution is 5.33. The summed E-state index contributed by atoms with van der Waals surface area (Å²) < 4.78 is 5.07. The molecule has 0 saturated heterocycles. The summed E-state index contributed by atoms with van der Waals surface area (Å²) in [5.74, 6) is 0. The molecule has 1 aliphatic rings. The second kappa shape index (κ2) is 4.58. The SMILES string of the molecule is COCCc1ccc2c(c1)CNCC2. The minimum Gasteiger partial charge on any atom is -0.384 e. The van der Waals surface area contributed by atoms with Crippen molar-refractivity contribution in [2.45, 2.75) is 19.4 Å². The van der Waals surface area contributed by atoms with Gasteiger partial charge in [0.2, 0.25) is 0 Å². The molecule has 2 nitrogen and oxygen atoms in total. The van der Waals surface area contributed by atoms with Crippen molar-refractivity contribution in [1.29, 1.82) is 0 Å². The van der Waals surface area contributed by atoms with Gasteiger partial charge in [0.05, 0.1) is 6.61 Å². The van der Waals surface area contributed by atoms with E-state index in [1.807, 2.05) is 0 Å². The summed E-state index contributed by atoms with van der Waals surface area (Å²) in [6, 6.07) is 6.80. The molecule has 2 rings (SSSR count). The molecule has 0 unspecified atom stereocenters. The van der Waals surface area contributed by atoms with Crippen molar-refractivity contribution < 1.29 is 4.74 Å². The standard InChI is InChI=1S/C12H17NO/c1-14-7-5-10-2-3-11-4-6-13-9-12(11)8-10/h2-3,8,13H,4-7,9H2,1H3. The van der Waals surface area contributed by atoms with Crippen LogP contribution in [0.3, 0.4) is 0 Å². The molecule has 0 aromatic heterocycles. The lowest BCUT2D eigenvalue weighted by Crippen LogP contribution is -2.23. The maximum atomic E-state index is 5.07. The fourth-order valence-corrected chi connectivity index (χ4v) is 1.91. The van der Waals surface area contributed by atoms with E-state index < -0.39 is 0 Å². The van der Waals surface area contributed by atoms with Crippen molar-refractivity contribution in [2.75, 3.05) is 20.3 Å². The van der Waals surface area contributed by atoms with Gasteiger partial charge in [0.25, 0.3) is 0 Å². The van der Waals surface area contributed by atoms with Crippen LogP contribution in [-0.4, -0.2) is 20.3 Å². The first-order valence-corrected chi connectivity index (χ1v) is 5.20. The Morgan fingerprint density at radius 2 is 2.29 bits per heavy atom. The van der Waals surface area contributed by atoms with E-state index in [2.05, 4.69) is 23.5 Å². The van der Waals surface area contributed by atoms with Gasteiger partial charge >= 0.3 is 0 Å². The first-order chi connectivity index (χ1) is 6.90. The highest BCUT2D eigenvalue weighted by Crippen LogP contribution is 2.16. The average Bonchev–Trinajstić information content (AvgIpc) is 2.26. The molecule has 0 aliphatic carbocycles. The second-order valence-electron chi connectivity index (χ2n) is 3.77. The monoisotopic (exact) mass is 191 g/mol. The van der Waals surface area contributed by atoms with Gasteiger partial charge in [-0.3, -0.25) is 0 Å². The van der Waals surface area contributed by atoms with E-state index in [1.54, 1.807) is 7.11 Å². The maximum absolute atomic E-state index is 5.07. The van der Waals surface area contributed by atoms with Crippen LogP contribution in [0.25, 0.3) is 0 Å². The molecule has 0 fully saturated rings. The molecule has 0 bridgehead atoms. The van der Waals surface area contributed by atoms with Crippen LogP contribution in [0.2, 0.25) is 0 Å². The van der Waals surface area contributed by atoms with Crippen LogP contribution in [0.15, 0.2) is 18.2 Å². The van der Waals surface area contributed by atoms with Gasteiger partial charge in [0.15, 0.2) is 0 Å². The molecule has 1 aromatic rings. The van der Waals surface area contributed by atoms with E-state index in [9.17, 15) is 0 Å². The molecule has 0 atom stereocenters. The Hall–Kier alpha value is -0.860. The first kappa shape index (κ1) is 9.69. The number of methoxy groups -OCH3 is 1. The molecule has 1 aromatic carbocycles. The normalized spacial score (nSPS) is 15.2. The average molecular weight is 191 g/mol. The Morgan fingerprint density at radius 3 is 3.14 bits per heavy atom. The third-order valence-electron chi connectivity index (χ3n) is 2.75. The summed E-state index contributed by atoms with van der Waals surface area (Å²) in [7, 11) is 1.75.